The fourth-order valence-electron chi connectivity index (χ4n) is 0.574. The molecule has 13 heavy (non-hydrogen) atoms. The molecule has 2 nitrogen and oxygen atoms in total. The van der Waals surface area contributed by atoms with E-state index in [9.17, 15) is 21.6 Å². The van der Waals surface area contributed by atoms with E-state index in [4.69, 9.17) is 0 Å². The molecular weight excluding hydrogens is 205 g/mol. The van der Waals surface area contributed by atoms with Gasteiger partial charge in [-0.15, -0.1) is 0 Å². The molecule has 0 aliphatic carbocycles. The minimum Gasteiger partial charge on any atom is -0.219 e. The van der Waals surface area contributed by atoms with Crippen molar-refractivity contribution in [2.75, 3.05) is 5.75 Å². The van der Waals surface area contributed by atoms with E-state index in [0.29, 0.717) is 6.42 Å². The molecule has 0 aromatic rings. The first-order valence-corrected chi connectivity index (χ1v) is 5.40. The summed E-state index contributed by atoms with van der Waals surface area (Å²) < 4.78 is 56.0. The Kier molecular flexibility index (Phi) is 4.46. The molecule has 0 rings (SSSR count). The number of alkyl halides is 3. The Morgan fingerprint density at radius 1 is 1.23 bits per heavy atom. The Hall–Kier alpha value is -0.520. The van der Waals surface area contributed by atoms with Crippen LogP contribution in [0.3, 0.4) is 0 Å². The number of hydrogen-bond acceptors (Lipinski definition) is 2. The molecule has 78 valence electrons. The molecule has 0 aliphatic rings. The Labute approximate surface area is 75.4 Å². The van der Waals surface area contributed by atoms with E-state index >= 15 is 0 Å². The standard InChI is InChI=1S/C7H11F3O2S/c1-2-3-4-5-6-13(11,12)7(8,9)10/h4-5H,2-3,6H2,1H3. The topological polar surface area (TPSA) is 34.1 Å². The molecule has 0 fully saturated rings. The lowest BCUT2D eigenvalue weighted by molar-refractivity contribution is -0.0432. The quantitative estimate of drug-likeness (QED) is 0.675. The average Bonchev–Trinajstić information content (AvgIpc) is 1.96. The molecular formula is C7H11F3O2S. The second-order valence-corrected chi connectivity index (χ2v) is 4.51. The Morgan fingerprint density at radius 3 is 2.15 bits per heavy atom. The van der Waals surface area contributed by atoms with Crippen LogP contribution in [-0.4, -0.2) is 19.7 Å². The minimum atomic E-state index is -5.14. The summed E-state index contributed by atoms with van der Waals surface area (Å²) in [5, 5.41) is 0. The van der Waals surface area contributed by atoms with E-state index in [0.717, 1.165) is 12.5 Å². The van der Waals surface area contributed by atoms with E-state index in [1.54, 1.807) is 0 Å². The highest BCUT2D eigenvalue weighted by atomic mass is 32.2. The smallest absolute Gasteiger partial charge is 0.219 e. The molecule has 0 unspecified atom stereocenters. The third-order valence-electron chi connectivity index (χ3n) is 1.29. The summed E-state index contributed by atoms with van der Waals surface area (Å²) in [6, 6.07) is 0. The van der Waals surface area contributed by atoms with Crippen molar-refractivity contribution in [3.8, 4) is 0 Å². The van der Waals surface area contributed by atoms with Gasteiger partial charge in [-0.3, -0.25) is 0 Å². The van der Waals surface area contributed by atoms with Gasteiger partial charge in [-0.1, -0.05) is 25.5 Å². The normalized spacial score (nSPS) is 13.8. The zero-order valence-corrected chi connectivity index (χ0v) is 7.95. The largest absolute Gasteiger partial charge is 0.497 e. The van der Waals surface area contributed by atoms with Crippen molar-refractivity contribution in [1.82, 2.24) is 0 Å². The maximum Gasteiger partial charge on any atom is 0.497 e. The zero-order chi connectivity index (χ0) is 10.5. The van der Waals surface area contributed by atoms with Crippen molar-refractivity contribution in [3.05, 3.63) is 12.2 Å². The van der Waals surface area contributed by atoms with E-state index < -0.39 is 21.1 Å². The summed E-state index contributed by atoms with van der Waals surface area (Å²) in [5.41, 5.74) is -5.14. The summed E-state index contributed by atoms with van der Waals surface area (Å²) in [7, 11) is -4.97. The second-order valence-electron chi connectivity index (χ2n) is 2.49. The van der Waals surface area contributed by atoms with Gasteiger partial charge in [-0.25, -0.2) is 8.42 Å². The third-order valence-corrected chi connectivity index (χ3v) is 2.63. The van der Waals surface area contributed by atoms with Crippen molar-refractivity contribution in [2.24, 2.45) is 0 Å². The molecule has 6 heteroatoms. The van der Waals surface area contributed by atoms with Gasteiger partial charge in [0.15, 0.2) is 0 Å². The second kappa shape index (κ2) is 4.64. The van der Waals surface area contributed by atoms with Crippen molar-refractivity contribution in [1.29, 1.82) is 0 Å². The van der Waals surface area contributed by atoms with Gasteiger partial charge in [-0.2, -0.15) is 13.2 Å². The highest BCUT2D eigenvalue weighted by Crippen LogP contribution is 2.23. The van der Waals surface area contributed by atoms with Crippen LogP contribution in [0.15, 0.2) is 12.2 Å². The van der Waals surface area contributed by atoms with Crippen molar-refractivity contribution >= 4 is 9.84 Å². The summed E-state index contributed by atoms with van der Waals surface area (Å²) in [4.78, 5) is 0. The van der Waals surface area contributed by atoms with Crippen LogP contribution < -0.4 is 0 Å². The predicted octanol–water partition coefficient (Wildman–Crippen LogP) is 2.28. The van der Waals surface area contributed by atoms with Crippen LogP contribution in [0.1, 0.15) is 19.8 Å². The lowest BCUT2D eigenvalue weighted by Gasteiger charge is -2.04. The molecule has 0 saturated carbocycles. The molecule has 0 radical (unpaired) electrons. The van der Waals surface area contributed by atoms with Gasteiger partial charge in [0.25, 0.3) is 9.84 Å². The van der Waals surface area contributed by atoms with Gasteiger partial charge in [0.1, 0.15) is 0 Å². The fourth-order valence-corrected chi connectivity index (χ4v) is 1.15. The summed E-state index contributed by atoms with van der Waals surface area (Å²) in [6.07, 6.45) is 3.84. The van der Waals surface area contributed by atoms with Gasteiger partial charge in [0.2, 0.25) is 0 Å². The molecule has 0 aliphatic heterocycles. The molecule has 0 spiro atoms. The molecule has 0 heterocycles. The van der Waals surface area contributed by atoms with Gasteiger partial charge >= 0.3 is 5.51 Å². The van der Waals surface area contributed by atoms with Crippen molar-refractivity contribution in [2.45, 2.75) is 25.3 Å². The van der Waals surface area contributed by atoms with E-state index in [-0.39, 0.29) is 0 Å². The van der Waals surface area contributed by atoms with Crippen LogP contribution >= 0.6 is 0 Å². The fraction of sp³-hybridized carbons (Fsp3) is 0.714. The molecule has 0 aromatic carbocycles. The average molecular weight is 216 g/mol. The Bertz CT molecular complexity index is 264. The van der Waals surface area contributed by atoms with Gasteiger partial charge < -0.3 is 0 Å². The maximum atomic E-state index is 11.7. The third kappa shape index (κ3) is 4.31. The first kappa shape index (κ1) is 12.5. The van der Waals surface area contributed by atoms with Crippen LogP contribution in [0.5, 0.6) is 0 Å². The lowest BCUT2D eigenvalue weighted by Crippen LogP contribution is -2.25. The number of allylic oxidation sites excluding steroid dienone is 1. The van der Waals surface area contributed by atoms with Crippen LogP contribution in [0.4, 0.5) is 13.2 Å². The number of hydrogen-bond donors (Lipinski definition) is 0. The number of rotatable bonds is 4. The molecule has 0 bridgehead atoms. The Morgan fingerprint density at radius 2 is 1.77 bits per heavy atom. The van der Waals surface area contributed by atoms with E-state index in [2.05, 4.69) is 0 Å². The number of halogens is 3. The SMILES string of the molecule is CCCC=CCS(=O)(=O)C(F)(F)F. The number of unbranched alkanes of at least 4 members (excludes halogenated alkanes) is 1. The molecule has 0 N–H and O–H groups in total. The van der Waals surface area contributed by atoms with Crippen LogP contribution in [-0.2, 0) is 9.84 Å². The molecule has 0 saturated heterocycles. The van der Waals surface area contributed by atoms with Crippen molar-refractivity contribution in [3.63, 3.8) is 0 Å². The zero-order valence-electron chi connectivity index (χ0n) is 7.13. The maximum absolute atomic E-state index is 11.7. The van der Waals surface area contributed by atoms with Gasteiger partial charge in [0.05, 0.1) is 5.75 Å². The Balaban J connectivity index is 4.22. The first-order chi connectivity index (χ1) is 5.81. The molecule has 0 amide bonds. The summed E-state index contributed by atoms with van der Waals surface area (Å²) in [5.74, 6) is -0.962. The van der Waals surface area contributed by atoms with Gasteiger partial charge in [-0.05, 0) is 6.42 Å². The first-order valence-electron chi connectivity index (χ1n) is 3.75. The minimum absolute atomic E-state index is 0.591. The van der Waals surface area contributed by atoms with Crippen LogP contribution in [0.25, 0.3) is 0 Å². The van der Waals surface area contributed by atoms with Crippen LogP contribution in [0.2, 0.25) is 0 Å². The van der Waals surface area contributed by atoms with Crippen molar-refractivity contribution < 1.29 is 21.6 Å². The highest BCUT2D eigenvalue weighted by molar-refractivity contribution is 7.92. The lowest BCUT2D eigenvalue weighted by atomic mass is 10.3. The molecule has 0 atom stereocenters. The van der Waals surface area contributed by atoms with Gasteiger partial charge in [0, 0.05) is 0 Å². The van der Waals surface area contributed by atoms with Crippen LogP contribution in [0, 0.1) is 0 Å². The van der Waals surface area contributed by atoms with E-state index in [1.807, 2.05) is 6.92 Å². The van der Waals surface area contributed by atoms with E-state index in [1.165, 1.54) is 6.08 Å². The summed E-state index contributed by atoms with van der Waals surface area (Å²) >= 11 is 0. The molecule has 0 aromatic heterocycles. The number of sulfone groups is 1. The monoisotopic (exact) mass is 216 g/mol. The summed E-state index contributed by atoms with van der Waals surface area (Å²) in [6.45, 7) is 1.85. The highest BCUT2D eigenvalue weighted by Gasteiger charge is 2.44. The predicted molar refractivity (Wildman–Crippen MR) is 43.9 cm³/mol.